The first kappa shape index (κ1) is 21.1. The lowest BCUT2D eigenvalue weighted by atomic mass is 10.2. The summed E-state index contributed by atoms with van der Waals surface area (Å²) in [5.74, 6) is -0.533. The van der Waals surface area contributed by atoms with Gasteiger partial charge in [-0.3, -0.25) is 10.1 Å². The molecule has 0 N–H and O–H groups in total. The maximum Gasteiger partial charge on any atom is 0.344 e. The van der Waals surface area contributed by atoms with Crippen molar-refractivity contribution in [2.24, 2.45) is 0 Å². The van der Waals surface area contributed by atoms with E-state index in [0.717, 1.165) is 5.56 Å². The molecule has 0 heterocycles. The van der Waals surface area contributed by atoms with E-state index in [1.54, 1.807) is 19.1 Å². The van der Waals surface area contributed by atoms with Gasteiger partial charge in [-0.15, -0.1) is 0 Å². The molecule has 140 valence electrons. The van der Waals surface area contributed by atoms with Crippen LogP contribution in [0, 0.1) is 10.1 Å². The van der Waals surface area contributed by atoms with Crippen molar-refractivity contribution in [3.05, 3.63) is 33.9 Å². The number of nitrogens with zero attached hydrogens (tertiary/aromatic N) is 1. The molecule has 1 rings (SSSR count). The van der Waals surface area contributed by atoms with E-state index in [0.29, 0.717) is 6.61 Å². The summed E-state index contributed by atoms with van der Waals surface area (Å²) in [6, 6.07) is 4.55. The van der Waals surface area contributed by atoms with Crippen LogP contribution in [0.25, 0.3) is 0 Å². The van der Waals surface area contributed by atoms with Crippen LogP contribution in [-0.2, 0) is 20.6 Å². The molecule has 0 aliphatic carbocycles. The number of ether oxygens (including phenoxy) is 2. The number of nitro groups is 1. The van der Waals surface area contributed by atoms with Gasteiger partial charge in [-0.25, -0.2) is 4.79 Å². The molecule has 0 amide bonds. The zero-order valence-electron chi connectivity index (χ0n) is 15.8. The SMILES string of the molecule is CCOC(=O)COc1cc(CO[Si](C)(C)C(C)(C)C)ccc1[N+](=O)[O-]. The van der Waals surface area contributed by atoms with E-state index in [4.69, 9.17) is 13.9 Å². The van der Waals surface area contributed by atoms with E-state index in [9.17, 15) is 14.9 Å². The van der Waals surface area contributed by atoms with Crippen molar-refractivity contribution in [1.29, 1.82) is 0 Å². The Balaban J connectivity index is 2.91. The van der Waals surface area contributed by atoms with Gasteiger partial charge in [0.05, 0.1) is 18.1 Å². The highest BCUT2D eigenvalue weighted by atomic mass is 28.4. The van der Waals surface area contributed by atoms with Crippen molar-refractivity contribution >= 4 is 20.0 Å². The molecule has 0 saturated carbocycles. The van der Waals surface area contributed by atoms with Crippen LogP contribution >= 0.6 is 0 Å². The fourth-order valence-corrected chi connectivity index (χ4v) is 2.69. The molecule has 8 heteroatoms. The molecule has 0 bridgehead atoms. The van der Waals surface area contributed by atoms with Crippen molar-refractivity contribution in [1.82, 2.24) is 0 Å². The van der Waals surface area contributed by atoms with Gasteiger partial charge in [0.15, 0.2) is 20.7 Å². The number of carbonyl (C=O) groups excluding carboxylic acids is 1. The topological polar surface area (TPSA) is 87.9 Å². The third kappa shape index (κ3) is 6.13. The Hall–Kier alpha value is -1.93. The molecule has 1 aromatic carbocycles. The Bertz CT molecular complexity index is 624. The van der Waals surface area contributed by atoms with Crippen LogP contribution in [0.1, 0.15) is 33.3 Å². The minimum atomic E-state index is -1.94. The Morgan fingerprint density at radius 2 is 1.92 bits per heavy atom. The van der Waals surface area contributed by atoms with Crippen molar-refractivity contribution in [3.63, 3.8) is 0 Å². The summed E-state index contributed by atoms with van der Waals surface area (Å²) in [7, 11) is -1.94. The van der Waals surface area contributed by atoms with Gasteiger partial charge in [0.2, 0.25) is 0 Å². The lowest BCUT2D eigenvalue weighted by molar-refractivity contribution is -0.385. The van der Waals surface area contributed by atoms with E-state index in [-0.39, 0.29) is 29.7 Å². The molecular weight excluding hydrogens is 342 g/mol. The first-order valence-corrected chi connectivity index (χ1v) is 11.1. The largest absolute Gasteiger partial charge is 0.475 e. The molecule has 25 heavy (non-hydrogen) atoms. The third-order valence-electron chi connectivity index (χ3n) is 4.28. The predicted molar refractivity (Wildman–Crippen MR) is 97.2 cm³/mol. The van der Waals surface area contributed by atoms with E-state index in [1.807, 2.05) is 0 Å². The van der Waals surface area contributed by atoms with Gasteiger partial charge in [0.1, 0.15) is 0 Å². The molecule has 0 aliphatic rings. The quantitative estimate of drug-likeness (QED) is 0.297. The molecular formula is C17H27NO6Si. The summed E-state index contributed by atoms with van der Waals surface area (Å²) in [5.41, 5.74) is 0.564. The lowest BCUT2D eigenvalue weighted by Gasteiger charge is -2.36. The summed E-state index contributed by atoms with van der Waals surface area (Å²) in [5, 5.41) is 11.2. The second-order valence-electron chi connectivity index (χ2n) is 7.20. The van der Waals surface area contributed by atoms with Crippen molar-refractivity contribution in [2.75, 3.05) is 13.2 Å². The minimum absolute atomic E-state index is 0.0365. The number of hydrogen-bond acceptors (Lipinski definition) is 6. The highest BCUT2D eigenvalue weighted by molar-refractivity contribution is 6.74. The number of esters is 1. The molecule has 0 aromatic heterocycles. The third-order valence-corrected chi connectivity index (χ3v) is 8.76. The van der Waals surface area contributed by atoms with Gasteiger partial charge in [-0.2, -0.15) is 0 Å². The minimum Gasteiger partial charge on any atom is -0.475 e. The van der Waals surface area contributed by atoms with Gasteiger partial charge >= 0.3 is 11.7 Å². The number of nitro benzene ring substituents is 1. The Kier molecular flexibility index (Phi) is 7.13. The molecule has 0 radical (unpaired) electrons. The smallest absolute Gasteiger partial charge is 0.344 e. The van der Waals surface area contributed by atoms with Crippen LogP contribution < -0.4 is 4.74 Å². The van der Waals surface area contributed by atoms with Crippen LogP contribution in [0.15, 0.2) is 18.2 Å². The summed E-state index contributed by atoms with van der Waals surface area (Å²) in [4.78, 5) is 22.0. The Labute approximate surface area is 149 Å². The van der Waals surface area contributed by atoms with Gasteiger partial charge in [-0.1, -0.05) is 20.8 Å². The predicted octanol–water partition coefficient (Wildman–Crippen LogP) is 4.06. The van der Waals surface area contributed by atoms with Crippen LogP contribution in [-0.4, -0.2) is 32.4 Å². The monoisotopic (exact) mass is 369 g/mol. The molecule has 7 nitrogen and oxygen atoms in total. The number of rotatable bonds is 8. The first-order chi connectivity index (χ1) is 11.5. The Morgan fingerprint density at radius 1 is 1.28 bits per heavy atom. The Morgan fingerprint density at radius 3 is 2.44 bits per heavy atom. The van der Waals surface area contributed by atoms with Crippen molar-refractivity contribution in [3.8, 4) is 5.75 Å². The van der Waals surface area contributed by atoms with Crippen LogP contribution in [0.4, 0.5) is 5.69 Å². The molecule has 0 saturated heterocycles. The fraction of sp³-hybridized carbons (Fsp3) is 0.588. The average Bonchev–Trinajstić information content (AvgIpc) is 2.50. The van der Waals surface area contributed by atoms with Crippen LogP contribution in [0.5, 0.6) is 5.75 Å². The average molecular weight is 369 g/mol. The summed E-state index contributed by atoms with van der Waals surface area (Å²) < 4.78 is 16.2. The molecule has 0 spiro atoms. The second-order valence-corrected chi connectivity index (χ2v) is 12.0. The van der Waals surface area contributed by atoms with E-state index >= 15 is 0 Å². The van der Waals surface area contributed by atoms with Crippen molar-refractivity contribution < 1.29 is 23.6 Å². The normalized spacial score (nSPS) is 11.9. The molecule has 1 aromatic rings. The number of benzene rings is 1. The number of hydrogen-bond donors (Lipinski definition) is 0. The first-order valence-electron chi connectivity index (χ1n) is 8.17. The van der Waals surface area contributed by atoms with Crippen LogP contribution in [0.3, 0.4) is 0 Å². The van der Waals surface area contributed by atoms with Gasteiger partial charge in [-0.05, 0) is 42.8 Å². The molecule has 0 fully saturated rings. The summed E-state index contributed by atoms with van der Waals surface area (Å²) in [6.07, 6.45) is 0. The van der Waals surface area contributed by atoms with Gasteiger partial charge < -0.3 is 13.9 Å². The highest BCUT2D eigenvalue weighted by Crippen LogP contribution is 2.37. The van der Waals surface area contributed by atoms with Gasteiger partial charge in [0, 0.05) is 6.07 Å². The van der Waals surface area contributed by atoms with E-state index < -0.39 is 19.2 Å². The molecule has 0 aliphatic heterocycles. The fourth-order valence-electron chi connectivity index (χ4n) is 1.73. The summed E-state index contributed by atoms with van der Waals surface area (Å²) in [6.45, 7) is 12.6. The summed E-state index contributed by atoms with van der Waals surface area (Å²) >= 11 is 0. The maximum absolute atomic E-state index is 11.4. The second kappa shape index (κ2) is 8.44. The maximum atomic E-state index is 11.4. The zero-order chi connectivity index (χ0) is 19.3. The zero-order valence-corrected chi connectivity index (χ0v) is 16.8. The molecule has 0 atom stereocenters. The highest BCUT2D eigenvalue weighted by Gasteiger charge is 2.37. The lowest BCUT2D eigenvalue weighted by Crippen LogP contribution is -2.40. The van der Waals surface area contributed by atoms with E-state index in [1.165, 1.54) is 6.07 Å². The molecule has 0 unspecified atom stereocenters. The van der Waals surface area contributed by atoms with E-state index in [2.05, 4.69) is 33.9 Å². The number of carbonyl (C=O) groups is 1. The van der Waals surface area contributed by atoms with Crippen molar-refractivity contribution in [2.45, 2.75) is 52.4 Å². The standard InChI is InChI=1S/C17H27NO6Si/c1-7-22-16(19)12-23-15-10-13(8-9-14(15)18(20)21)11-24-25(5,6)17(2,3)4/h8-10H,7,11-12H2,1-6H3. The van der Waals surface area contributed by atoms with Gasteiger partial charge in [0.25, 0.3) is 0 Å². The van der Waals surface area contributed by atoms with Crippen LogP contribution in [0.2, 0.25) is 18.1 Å².